The molecule has 1 aromatic rings. The third kappa shape index (κ3) is 1.85. The quantitative estimate of drug-likeness (QED) is 0.764. The number of hydrogen-bond acceptors (Lipinski definition) is 4. The number of β-lactam (4-membered cyclic amide) rings is 1. The molecular weight excluding hydrogens is 234 g/mol. The molecule has 98 valence electrons. The highest BCUT2D eigenvalue weighted by Gasteiger charge is 2.34. The van der Waals surface area contributed by atoms with Crippen molar-refractivity contribution in [3.63, 3.8) is 0 Å². The van der Waals surface area contributed by atoms with Gasteiger partial charge in [0.15, 0.2) is 11.5 Å². The van der Waals surface area contributed by atoms with E-state index in [-0.39, 0.29) is 11.8 Å². The Labute approximate surface area is 106 Å². The maximum atomic E-state index is 11.7. The number of methoxy groups -OCH3 is 3. The first-order valence-electron chi connectivity index (χ1n) is 5.73. The first-order valence-corrected chi connectivity index (χ1v) is 5.73. The van der Waals surface area contributed by atoms with Crippen LogP contribution >= 0.6 is 0 Å². The van der Waals surface area contributed by atoms with Crippen molar-refractivity contribution in [3.8, 4) is 17.2 Å². The van der Waals surface area contributed by atoms with Gasteiger partial charge in [-0.05, 0) is 0 Å². The maximum absolute atomic E-state index is 11.7. The van der Waals surface area contributed by atoms with Gasteiger partial charge in [-0.2, -0.15) is 0 Å². The van der Waals surface area contributed by atoms with E-state index in [9.17, 15) is 4.79 Å². The summed E-state index contributed by atoms with van der Waals surface area (Å²) in [5.74, 6) is 1.84. The van der Waals surface area contributed by atoms with Crippen LogP contribution in [0.3, 0.4) is 0 Å². The first-order chi connectivity index (χ1) is 8.62. The van der Waals surface area contributed by atoms with E-state index in [0.29, 0.717) is 17.2 Å². The minimum atomic E-state index is 0.0871. The van der Waals surface area contributed by atoms with E-state index >= 15 is 0 Å². The van der Waals surface area contributed by atoms with Crippen LogP contribution in [0, 0.1) is 5.92 Å². The highest BCUT2D eigenvalue weighted by Crippen LogP contribution is 2.42. The molecule has 0 radical (unpaired) electrons. The van der Waals surface area contributed by atoms with Gasteiger partial charge in [-0.1, -0.05) is 6.92 Å². The molecule has 1 fully saturated rings. The average Bonchev–Trinajstić information content (AvgIpc) is 2.42. The Bertz CT molecular complexity index is 447. The highest BCUT2D eigenvalue weighted by atomic mass is 16.5. The second-order valence-corrected chi connectivity index (χ2v) is 4.23. The Morgan fingerprint density at radius 1 is 1.11 bits per heavy atom. The number of ether oxygens (including phenoxy) is 3. The smallest absolute Gasteiger partial charge is 0.231 e. The molecule has 1 aromatic carbocycles. The lowest BCUT2D eigenvalue weighted by Gasteiger charge is -2.36. The Morgan fingerprint density at radius 3 is 2.00 bits per heavy atom. The van der Waals surface area contributed by atoms with Crippen molar-refractivity contribution >= 4 is 11.6 Å². The van der Waals surface area contributed by atoms with Crippen LogP contribution in [-0.2, 0) is 4.79 Å². The van der Waals surface area contributed by atoms with E-state index in [1.807, 2.05) is 6.92 Å². The van der Waals surface area contributed by atoms with Gasteiger partial charge in [0.05, 0.1) is 32.9 Å². The lowest BCUT2D eigenvalue weighted by molar-refractivity contribution is -0.126. The van der Waals surface area contributed by atoms with Gasteiger partial charge >= 0.3 is 0 Å². The Balaban J connectivity index is 2.41. The number of carbonyl (C=O) groups is 1. The van der Waals surface area contributed by atoms with Gasteiger partial charge in [0.2, 0.25) is 11.7 Å². The van der Waals surface area contributed by atoms with Crippen LogP contribution in [-0.4, -0.2) is 33.8 Å². The van der Waals surface area contributed by atoms with E-state index < -0.39 is 0 Å². The third-order valence-corrected chi connectivity index (χ3v) is 3.11. The Morgan fingerprint density at radius 2 is 1.67 bits per heavy atom. The second-order valence-electron chi connectivity index (χ2n) is 4.23. The van der Waals surface area contributed by atoms with Gasteiger partial charge in [-0.15, -0.1) is 0 Å². The van der Waals surface area contributed by atoms with Crippen LogP contribution in [0.2, 0.25) is 0 Å². The summed E-state index contributed by atoms with van der Waals surface area (Å²) in [6.07, 6.45) is 0. The van der Waals surface area contributed by atoms with Crippen molar-refractivity contribution in [2.24, 2.45) is 5.92 Å². The molecule has 1 heterocycles. The number of rotatable bonds is 4. The second kappa shape index (κ2) is 4.76. The Hall–Kier alpha value is -1.91. The van der Waals surface area contributed by atoms with Crippen molar-refractivity contribution < 1.29 is 19.0 Å². The molecule has 0 spiro atoms. The topological polar surface area (TPSA) is 48.0 Å². The summed E-state index contributed by atoms with van der Waals surface area (Å²) >= 11 is 0. The van der Waals surface area contributed by atoms with Crippen LogP contribution in [0.4, 0.5) is 5.69 Å². The van der Waals surface area contributed by atoms with Crippen molar-refractivity contribution in [3.05, 3.63) is 12.1 Å². The minimum Gasteiger partial charge on any atom is -0.493 e. The molecule has 0 unspecified atom stereocenters. The fraction of sp³-hybridized carbons (Fsp3) is 0.462. The molecule has 5 heteroatoms. The standard InChI is InChI=1S/C13H17NO4/c1-8-7-14(13(8)15)9-5-10(16-2)12(18-4)11(6-9)17-3/h5-6,8H,7H2,1-4H3/t8-/m1/s1. The third-order valence-electron chi connectivity index (χ3n) is 3.11. The van der Waals surface area contributed by atoms with Gasteiger partial charge in [0.25, 0.3) is 0 Å². The van der Waals surface area contributed by atoms with Gasteiger partial charge < -0.3 is 19.1 Å². The molecule has 18 heavy (non-hydrogen) atoms. The van der Waals surface area contributed by atoms with Crippen LogP contribution in [0.15, 0.2) is 12.1 Å². The molecule has 0 bridgehead atoms. The molecule has 0 N–H and O–H groups in total. The lowest BCUT2D eigenvalue weighted by Crippen LogP contribution is -2.51. The predicted octanol–water partition coefficient (Wildman–Crippen LogP) is 1.70. The van der Waals surface area contributed by atoms with E-state index in [1.165, 1.54) is 0 Å². The van der Waals surface area contributed by atoms with E-state index in [2.05, 4.69) is 0 Å². The molecule has 1 aliphatic rings. The van der Waals surface area contributed by atoms with Crippen molar-refractivity contribution in [2.75, 3.05) is 32.8 Å². The summed E-state index contributed by atoms with van der Waals surface area (Å²) in [6, 6.07) is 3.57. The molecule has 2 rings (SSSR count). The van der Waals surface area contributed by atoms with E-state index in [4.69, 9.17) is 14.2 Å². The van der Waals surface area contributed by atoms with Gasteiger partial charge in [0.1, 0.15) is 0 Å². The first kappa shape index (κ1) is 12.5. The summed E-state index contributed by atoms with van der Waals surface area (Å²) in [6.45, 7) is 2.63. The number of benzene rings is 1. The zero-order chi connectivity index (χ0) is 13.3. The molecule has 1 saturated heterocycles. The largest absolute Gasteiger partial charge is 0.493 e. The molecule has 0 aromatic heterocycles. The molecule has 0 saturated carbocycles. The van der Waals surface area contributed by atoms with E-state index in [1.54, 1.807) is 38.4 Å². The Kier molecular flexibility index (Phi) is 3.32. The van der Waals surface area contributed by atoms with Gasteiger partial charge in [-0.3, -0.25) is 4.79 Å². The van der Waals surface area contributed by atoms with Crippen LogP contribution < -0.4 is 19.1 Å². The van der Waals surface area contributed by atoms with Crippen molar-refractivity contribution in [2.45, 2.75) is 6.92 Å². The zero-order valence-corrected chi connectivity index (χ0v) is 11.0. The lowest BCUT2D eigenvalue weighted by atomic mass is 10.00. The van der Waals surface area contributed by atoms with Crippen LogP contribution in [0.5, 0.6) is 17.2 Å². The normalized spacial score (nSPS) is 18.3. The monoisotopic (exact) mass is 251 g/mol. The number of amides is 1. The summed E-state index contributed by atoms with van der Waals surface area (Å²) < 4.78 is 15.8. The SMILES string of the molecule is COc1cc(N2C[C@@H](C)C2=O)cc(OC)c1OC. The number of nitrogens with zero attached hydrogens (tertiary/aromatic N) is 1. The fourth-order valence-electron chi connectivity index (χ4n) is 2.05. The van der Waals surface area contributed by atoms with E-state index in [0.717, 1.165) is 12.2 Å². The predicted molar refractivity (Wildman–Crippen MR) is 67.6 cm³/mol. The summed E-state index contributed by atoms with van der Waals surface area (Å²) in [4.78, 5) is 13.4. The molecular formula is C13H17NO4. The molecule has 5 nitrogen and oxygen atoms in total. The van der Waals surface area contributed by atoms with Crippen molar-refractivity contribution in [1.82, 2.24) is 0 Å². The maximum Gasteiger partial charge on any atom is 0.231 e. The fourth-order valence-corrected chi connectivity index (χ4v) is 2.05. The van der Waals surface area contributed by atoms with Crippen LogP contribution in [0.1, 0.15) is 6.92 Å². The minimum absolute atomic E-state index is 0.0871. The molecule has 0 aliphatic carbocycles. The molecule has 1 aliphatic heterocycles. The summed E-state index contributed by atoms with van der Waals surface area (Å²) in [5.41, 5.74) is 0.771. The average molecular weight is 251 g/mol. The van der Waals surface area contributed by atoms with Crippen LogP contribution in [0.25, 0.3) is 0 Å². The molecule has 1 atom stereocenters. The van der Waals surface area contributed by atoms with Crippen molar-refractivity contribution in [1.29, 1.82) is 0 Å². The highest BCUT2D eigenvalue weighted by molar-refractivity contribution is 6.01. The number of anilines is 1. The molecule has 1 amide bonds. The number of hydrogen-bond donors (Lipinski definition) is 0. The van der Waals surface area contributed by atoms with Gasteiger partial charge in [-0.25, -0.2) is 0 Å². The zero-order valence-electron chi connectivity index (χ0n) is 11.0. The number of carbonyl (C=O) groups excluding carboxylic acids is 1. The summed E-state index contributed by atoms with van der Waals surface area (Å²) in [7, 11) is 4.67. The summed E-state index contributed by atoms with van der Waals surface area (Å²) in [5, 5.41) is 0. The van der Waals surface area contributed by atoms with Gasteiger partial charge in [0, 0.05) is 18.7 Å².